The van der Waals surface area contributed by atoms with Crippen LogP contribution in [-0.4, -0.2) is 32.4 Å². The van der Waals surface area contributed by atoms with Gasteiger partial charge in [0.15, 0.2) is 0 Å². The number of aromatic nitrogens is 2. The Bertz CT molecular complexity index is 845. The third-order valence-electron chi connectivity index (χ3n) is 5.33. The third-order valence-corrected chi connectivity index (χ3v) is 6.52. The first-order chi connectivity index (χ1) is 10.1. The fourth-order valence-electron chi connectivity index (χ4n) is 2.92. The maximum atomic E-state index is 12.9. The number of amides is 1. The number of hydrogen-bond acceptors (Lipinski definition) is 4. The molecule has 0 saturated carbocycles. The summed E-state index contributed by atoms with van der Waals surface area (Å²) in [6.45, 7) is 11.1. The first-order valence-electron chi connectivity index (χ1n) is 7.34. The number of rotatable bonds is 1. The number of aryl methyl sites for hydroxylation is 2. The Labute approximate surface area is 133 Å². The molecule has 1 saturated heterocycles. The van der Waals surface area contributed by atoms with Crippen molar-refractivity contribution >= 4 is 27.5 Å². The van der Waals surface area contributed by atoms with Gasteiger partial charge in [-0.25, -0.2) is 4.98 Å². The van der Waals surface area contributed by atoms with Crippen LogP contribution < -0.4 is 5.56 Å². The van der Waals surface area contributed by atoms with Crippen LogP contribution in [0.5, 0.6) is 0 Å². The fraction of sp³-hybridized carbons (Fsp3) is 0.562. The number of carbonyl (C=O) groups excluding carboxylic acids is 1. The van der Waals surface area contributed by atoms with Gasteiger partial charge in [-0.1, -0.05) is 13.8 Å². The molecule has 0 bridgehead atoms. The molecule has 3 rings (SSSR count). The second kappa shape index (κ2) is 4.41. The summed E-state index contributed by atoms with van der Waals surface area (Å²) in [6.07, 6.45) is 1.51. The summed E-state index contributed by atoms with van der Waals surface area (Å²) < 4.78 is 1.45. The molecule has 118 valence electrons. The van der Waals surface area contributed by atoms with Crippen molar-refractivity contribution in [3.05, 3.63) is 27.1 Å². The fourth-order valence-corrected chi connectivity index (χ4v) is 4.01. The number of carbonyl (C=O) groups is 1. The van der Waals surface area contributed by atoms with Crippen LogP contribution >= 0.6 is 11.3 Å². The molecule has 22 heavy (non-hydrogen) atoms. The molecule has 0 unspecified atom stereocenters. The molecular formula is C16H21N3O2S. The zero-order chi connectivity index (χ0) is 16.4. The quantitative estimate of drug-likeness (QED) is 0.812. The van der Waals surface area contributed by atoms with Gasteiger partial charge < -0.3 is 9.47 Å². The summed E-state index contributed by atoms with van der Waals surface area (Å²) in [6, 6.07) is 0. The second-order valence-corrected chi connectivity index (χ2v) is 8.23. The van der Waals surface area contributed by atoms with E-state index in [0.29, 0.717) is 15.1 Å². The van der Waals surface area contributed by atoms with Crippen molar-refractivity contribution < 1.29 is 4.79 Å². The van der Waals surface area contributed by atoms with Gasteiger partial charge in [-0.2, -0.15) is 0 Å². The predicted octanol–water partition coefficient (Wildman–Crippen LogP) is 2.56. The average Bonchev–Trinajstić information content (AvgIpc) is 2.77. The molecule has 0 atom stereocenters. The topological polar surface area (TPSA) is 55.2 Å². The van der Waals surface area contributed by atoms with Gasteiger partial charge in [-0.3, -0.25) is 9.59 Å². The van der Waals surface area contributed by atoms with Gasteiger partial charge in [0.2, 0.25) is 0 Å². The Morgan fingerprint density at radius 1 is 1.32 bits per heavy atom. The minimum atomic E-state index is -0.189. The van der Waals surface area contributed by atoms with Crippen molar-refractivity contribution in [3.63, 3.8) is 0 Å². The molecule has 0 aromatic carbocycles. The van der Waals surface area contributed by atoms with Crippen molar-refractivity contribution in [1.82, 2.24) is 14.5 Å². The van der Waals surface area contributed by atoms with Gasteiger partial charge in [0.1, 0.15) is 4.83 Å². The largest absolute Gasteiger partial charge is 0.332 e. The maximum absolute atomic E-state index is 12.9. The number of thiophene rings is 1. The van der Waals surface area contributed by atoms with Crippen LogP contribution in [0.25, 0.3) is 10.2 Å². The number of hydrogen-bond donors (Lipinski definition) is 0. The molecule has 0 spiro atoms. The van der Waals surface area contributed by atoms with Crippen molar-refractivity contribution in [3.8, 4) is 0 Å². The summed E-state index contributed by atoms with van der Waals surface area (Å²) >= 11 is 1.32. The molecule has 0 N–H and O–H groups in total. The highest BCUT2D eigenvalue weighted by Gasteiger charge is 2.55. The van der Waals surface area contributed by atoms with E-state index in [0.717, 1.165) is 12.1 Å². The van der Waals surface area contributed by atoms with Gasteiger partial charge in [-0.05, 0) is 26.3 Å². The summed E-state index contributed by atoms with van der Waals surface area (Å²) in [5.74, 6) is 0.00637. The van der Waals surface area contributed by atoms with Gasteiger partial charge in [-0.15, -0.1) is 11.3 Å². The van der Waals surface area contributed by atoms with Crippen LogP contribution in [0.2, 0.25) is 0 Å². The standard InChI is InChI=1S/C16H21N3O2S/c1-9-10-12(17-8-18(6)13(10)20)22-11(9)14(21)19-7-15(2,3)16(19,4)5/h8H,7H2,1-6H3. The van der Waals surface area contributed by atoms with Crippen molar-refractivity contribution in [2.45, 2.75) is 40.2 Å². The molecular weight excluding hydrogens is 298 g/mol. The molecule has 6 heteroatoms. The monoisotopic (exact) mass is 319 g/mol. The van der Waals surface area contributed by atoms with E-state index < -0.39 is 0 Å². The van der Waals surface area contributed by atoms with Gasteiger partial charge in [0, 0.05) is 24.5 Å². The smallest absolute Gasteiger partial charge is 0.264 e. The summed E-state index contributed by atoms with van der Waals surface area (Å²) in [5.41, 5.74) is 0.562. The lowest BCUT2D eigenvalue weighted by Gasteiger charge is -2.61. The molecule has 3 heterocycles. The molecule has 1 aliphatic rings. The Balaban J connectivity index is 2.09. The Morgan fingerprint density at radius 3 is 2.50 bits per heavy atom. The van der Waals surface area contributed by atoms with E-state index in [2.05, 4.69) is 32.7 Å². The summed E-state index contributed by atoms with van der Waals surface area (Å²) in [5, 5.41) is 0.566. The van der Waals surface area contributed by atoms with E-state index in [1.807, 2.05) is 11.8 Å². The van der Waals surface area contributed by atoms with E-state index in [1.165, 1.54) is 22.2 Å². The van der Waals surface area contributed by atoms with Crippen LogP contribution in [0, 0.1) is 12.3 Å². The summed E-state index contributed by atoms with van der Waals surface area (Å²) in [4.78, 5) is 32.6. The second-order valence-electron chi connectivity index (χ2n) is 7.23. The van der Waals surface area contributed by atoms with Crippen molar-refractivity contribution in [2.75, 3.05) is 6.54 Å². The lowest BCUT2D eigenvalue weighted by molar-refractivity contribution is -0.0879. The maximum Gasteiger partial charge on any atom is 0.264 e. The van der Waals surface area contributed by atoms with Crippen LogP contribution in [-0.2, 0) is 7.05 Å². The lowest BCUT2D eigenvalue weighted by Crippen LogP contribution is -2.70. The highest BCUT2D eigenvalue weighted by molar-refractivity contribution is 7.20. The zero-order valence-electron chi connectivity index (χ0n) is 13.9. The average molecular weight is 319 g/mol. The first kappa shape index (κ1) is 15.2. The number of fused-ring (bicyclic) bond motifs is 1. The van der Waals surface area contributed by atoms with E-state index in [1.54, 1.807) is 7.05 Å². The lowest BCUT2D eigenvalue weighted by atomic mass is 9.65. The van der Waals surface area contributed by atoms with E-state index >= 15 is 0 Å². The van der Waals surface area contributed by atoms with E-state index in [-0.39, 0.29) is 22.4 Å². The van der Waals surface area contributed by atoms with E-state index in [4.69, 9.17) is 0 Å². The van der Waals surface area contributed by atoms with Gasteiger partial charge >= 0.3 is 0 Å². The number of nitrogens with zero attached hydrogens (tertiary/aromatic N) is 3. The molecule has 5 nitrogen and oxygen atoms in total. The Morgan fingerprint density at radius 2 is 1.95 bits per heavy atom. The third kappa shape index (κ3) is 1.79. The Hall–Kier alpha value is -1.69. The van der Waals surface area contributed by atoms with Gasteiger partial charge in [0.25, 0.3) is 11.5 Å². The van der Waals surface area contributed by atoms with Crippen LogP contribution in [0.3, 0.4) is 0 Å². The normalized spacial score (nSPS) is 19.3. The molecule has 0 radical (unpaired) electrons. The van der Waals surface area contributed by atoms with Gasteiger partial charge in [0.05, 0.1) is 16.6 Å². The SMILES string of the molecule is Cc1c(C(=O)N2CC(C)(C)C2(C)C)sc2ncn(C)c(=O)c12. The molecule has 2 aromatic heterocycles. The highest BCUT2D eigenvalue weighted by atomic mass is 32.1. The molecule has 0 aliphatic carbocycles. The first-order valence-corrected chi connectivity index (χ1v) is 8.16. The predicted molar refractivity (Wildman–Crippen MR) is 88.5 cm³/mol. The zero-order valence-corrected chi connectivity index (χ0v) is 14.7. The highest BCUT2D eigenvalue weighted by Crippen LogP contribution is 2.47. The van der Waals surface area contributed by atoms with Crippen LogP contribution in [0.4, 0.5) is 0 Å². The molecule has 1 fully saturated rings. The van der Waals surface area contributed by atoms with Crippen molar-refractivity contribution in [2.24, 2.45) is 12.5 Å². The van der Waals surface area contributed by atoms with E-state index in [9.17, 15) is 9.59 Å². The summed E-state index contributed by atoms with van der Waals surface area (Å²) in [7, 11) is 1.68. The minimum Gasteiger partial charge on any atom is -0.332 e. The minimum absolute atomic E-state index is 0.00637. The van der Waals surface area contributed by atoms with Crippen LogP contribution in [0.15, 0.2) is 11.1 Å². The van der Waals surface area contributed by atoms with Crippen LogP contribution in [0.1, 0.15) is 42.9 Å². The molecule has 2 aromatic rings. The number of likely N-dealkylation sites (tertiary alicyclic amines) is 1. The molecule has 1 aliphatic heterocycles. The Kier molecular flexibility index (Phi) is 3.05. The molecule has 1 amide bonds. The van der Waals surface area contributed by atoms with Crippen molar-refractivity contribution in [1.29, 1.82) is 0 Å².